The molecule has 0 bridgehead atoms. The number of hydrogen-bond donors (Lipinski definition) is 1. The Hall–Kier alpha value is -0.840. The molecule has 2 N–H and O–H groups in total. The molecule has 0 fully saturated rings. The Morgan fingerprint density at radius 1 is 1.11 bits per heavy atom. The molecule has 100 valence electrons. The van der Waals surface area contributed by atoms with E-state index in [0.717, 1.165) is 9.37 Å². The van der Waals surface area contributed by atoms with Crippen LogP contribution in [0.25, 0.3) is 0 Å². The molecule has 1 nitrogen and oxygen atoms in total. The third kappa shape index (κ3) is 3.59. The second-order valence-electron chi connectivity index (χ2n) is 4.35. The van der Waals surface area contributed by atoms with Gasteiger partial charge in [-0.05, 0) is 41.1 Å². The maximum Gasteiger partial charge on any atom is 0.127 e. The summed E-state index contributed by atoms with van der Waals surface area (Å²) in [4.78, 5) is 1.06. The summed E-state index contributed by atoms with van der Waals surface area (Å²) in [6.07, 6.45) is 0. The molecule has 4 heteroatoms. The highest BCUT2D eigenvalue weighted by Crippen LogP contribution is 2.40. The summed E-state index contributed by atoms with van der Waals surface area (Å²) in [6.45, 7) is 1.90. The third-order valence-corrected chi connectivity index (χ3v) is 5.28. The van der Waals surface area contributed by atoms with Gasteiger partial charge in [0.2, 0.25) is 0 Å². The molecule has 2 atom stereocenters. The van der Waals surface area contributed by atoms with E-state index in [9.17, 15) is 4.39 Å². The number of halogens is 2. The van der Waals surface area contributed by atoms with Crippen LogP contribution in [0.15, 0.2) is 57.9 Å². The molecule has 0 aliphatic heterocycles. The van der Waals surface area contributed by atoms with E-state index in [1.165, 1.54) is 6.07 Å². The van der Waals surface area contributed by atoms with Crippen LogP contribution < -0.4 is 5.73 Å². The van der Waals surface area contributed by atoms with Gasteiger partial charge in [0.05, 0.1) is 5.25 Å². The molecule has 0 aliphatic carbocycles. The van der Waals surface area contributed by atoms with Crippen LogP contribution in [0, 0.1) is 5.82 Å². The normalized spacial score (nSPS) is 14.1. The van der Waals surface area contributed by atoms with E-state index in [-0.39, 0.29) is 17.1 Å². The van der Waals surface area contributed by atoms with Gasteiger partial charge in [-0.2, -0.15) is 0 Å². The first kappa shape index (κ1) is 14.6. The van der Waals surface area contributed by atoms with Crippen LogP contribution in [0.2, 0.25) is 0 Å². The van der Waals surface area contributed by atoms with Gasteiger partial charge < -0.3 is 5.73 Å². The van der Waals surface area contributed by atoms with Crippen molar-refractivity contribution in [2.24, 2.45) is 5.73 Å². The number of thioether (sulfide) groups is 1. The minimum Gasteiger partial charge on any atom is -0.327 e. The van der Waals surface area contributed by atoms with E-state index in [0.29, 0.717) is 5.56 Å². The fourth-order valence-electron chi connectivity index (χ4n) is 1.84. The van der Waals surface area contributed by atoms with Crippen LogP contribution in [0.5, 0.6) is 0 Å². The van der Waals surface area contributed by atoms with Gasteiger partial charge in [0.15, 0.2) is 0 Å². The van der Waals surface area contributed by atoms with Crippen molar-refractivity contribution in [2.75, 3.05) is 0 Å². The lowest BCUT2D eigenvalue weighted by molar-refractivity contribution is 0.592. The molecule has 2 unspecified atom stereocenters. The first-order valence-corrected chi connectivity index (χ1v) is 7.68. The molecule has 2 rings (SSSR count). The minimum atomic E-state index is -0.204. The second kappa shape index (κ2) is 6.55. The van der Waals surface area contributed by atoms with Crippen molar-refractivity contribution >= 4 is 27.7 Å². The molecule has 0 spiro atoms. The predicted octanol–water partition coefficient (Wildman–Crippen LogP) is 4.77. The van der Waals surface area contributed by atoms with E-state index in [2.05, 4.69) is 15.9 Å². The summed E-state index contributed by atoms with van der Waals surface area (Å²) in [5.41, 5.74) is 6.68. The fraction of sp³-hybridized carbons (Fsp3) is 0.200. The van der Waals surface area contributed by atoms with Crippen molar-refractivity contribution in [3.8, 4) is 0 Å². The zero-order valence-corrected chi connectivity index (χ0v) is 12.9. The lowest BCUT2D eigenvalue weighted by atomic mass is 10.1. The van der Waals surface area contributed by atoms with E-state index >= 15 is 0 Å². The Morgan fingerprint density at radius 2 is 1.74 bits per heavy atom. The molecule has 0 aliphatic rings. The summed E-state index contributed by atoms with van der Waals surface area (Å²) in [7, 11) is 0. The topological polar surface area (TPSA) is 26.0 Å². The Morgan fingerprint density at radius 3 is 2.37 bits per heavy atom. The highest BCUT2D eigenvalue weighted by molar-refractivity contribution is 9.10. The highest BCUT2D eigenvalue weighted by atomic mass is 79.9. The average Bonchev–Trinajstić information content (AvgIpc) is 2.38. The van der Waals surface area contributed by atoms with Crippen LogP contribution in [0.4, 0.5) is 4.39 Å². The SMILES string of the molecule is CC(N)C(Sc1ccccc1Br)c1ccccc1F. The maximum atomic E-state index is 13.9. The lowest BCUT2D eigenvalue weighted by Crippen LogP contribution is -2.23. The summed E-state index contributed by atoms with van der Waals surface area (Å²) in [5, 5.41) is -0.111. The zero-order chi connectivity index (χ0) is 13.8. The molecule has 0 amide bonds. The van der Waals surface area contributed by atoms with Gasteiger partial charge >= 0.3 is 0 Å². The van der Waals surface area contributed by atoms with Gasteiger partial charge in [0.25, 0.3) is 0 Å². The highest BCUT2D eigenvalue weighted by Gasteiger charge is 2.21. The first-order valence-electron chi connectivity index (χ1n) is 6.01. The van der Waals surface area contributed by atoms with Gasteiger partial charge in [-0.3, -0.25) is 0 Å². The Labute approximate surface area is 125 Å². The fourth-order valence-corrected chi connectivity index (χ4v) is 3.55. The molecule has 0 radical (unpaired) electrons. The molecule has 0 saturated heterocycles. The van der Waals surface area contributed by atoms with Crippen molar-refractivity contribution in [3.05, 3.63) is 64.4 Å². The molecule has 0 aromatic heterocycles. The van der Waals surface area contributed by atoms with Crippen molar-refractivity contribution in [2.45, 2.75) is 23.1 Å². The van der Waals surface area contributed by atoms with Crippen LogP contribution >= 0.6 is 27.7 Å². The smallest absolute Gasteiger partial charge is 0.127 e. The van der Waals surface area contributed by atoms with Crippen LogP contribution in [-0.4, -0.2) is 6.04 Å². The summed E-state index contributed by atoms with van der Waals surface area (Å²) >= 11 is 5.09. The van der Waals surface area contributed by atoms with Gasteiger partial charge in [-0.25, -0.2) is 4.39 Å². The lowest BCUT2D eigenvalue weighted by Gasteiger charge is -2.21. The van der Waals surface area contributed by atoms with E-state index < -0.39 is 0 Å². The number of rotatable bonds is 4. The monoisotopic (exact) mass is 339 g/mol. The number of benzene rings is 2. The van der Waals surface area contributed by atoms with E-state index in [1.54, 1.807) is 23.9 Å². The minimum absolute atomic E-state index is 0.111. The Bertz CT molecular complexity index is 559. The van der Waals surface area contributed by atoms with Gasteiger partial charge in [-0.1, -0.05) is 30.3 Å². The van der Waals surface area contributed by atoms with Crippen molar-refractivity contribution < 1.29 is 4.39 Å². The zero-order valence-electron chi connectivity index (χ0n) is 10.5. The number of hydrogen-bond acceptors (Lipinski definition) is 2. The average molecular weight is 340 g/mol. The van der Waals surface area contributed by atoms with Crippen molar-refractivity contribution in [3.63, 3.8) is 0 Å². The first-order chi connectivity index (χ1) is 9.09. The summed E-state index contributed by atoms with van der Waals surface area (Å²) in [6, 6.07) is 14.6. The van der Waals surface area contributed by atoms with Crippen LogP contribution in [0.1, 0.15) is 17.7 Å². The van der Waals surface area contributed by atoms with Gasteiger partial charge in [0.1, 0.15) is 5.82 Å². The molecule has 0 saturated carbocycles. The Kier molecular flexibility index (Phi) is 5.02. The third-order valence-electron chi connectivity index (χ3n) is 2.78. The maximum absolute atomic E-state index is 13.9. The molecule has 2 aromatic rings. The van der Waals surface area contributed by atoms with Crippen molar-refractivity contribution in [1.29, 1.82) is 0 Å². The second-order valence-corrected chi connectivity index (χ2v) is 6.39. The largest absolute Gasteiger partial charge is 0.327 e. The summed E-state index contributed by atoms with van der Waals surface area (Å²) in [5.74, 6) is -0.204. The quantitative estimate of drug-likeness (QED) is 0.812. The molecular weight excluding hydrogens is 325 g/mol. The summed E-state index contributed by atoms with van der Waals surface area (Å²) < 4.78 is 14.9. The van der Waals surface area contributed by atoms with E-state index in [4.69, 9.17) is 5.73 Å². The van der Waals surface area contributed by atoms with Crippen LogP contribution in [-0.2, 0) is 0 Å². The molecule has 0 heterocycles. The molecule has 19 heavy (non-hydrogen) atoms. The van der Waals surface area contributed by atoms with Gasteiger partial charge in [0, 0.05) is 21.0 Å². The molecule has 2 aromatic carbocycles. The predicted molar refractivity (Wildman–Crippen MR) is 82.8 cm³/mol. The standard InChI is InChI=1S/C15H15BrFNS/c1-10(18)15(11-6-2-4-8-13(11)17)19-14-9-5-3-7-12(14)16/h2-10,15H,18H2,1H3. The Balaban J connectivity index is 2.33. The van der Waals surface area contributed by atoms with Crippen LogP contribution in [0.3, 0.4) is 0 Å². The van der Waals surface area contributed by atoms with Gasteiger partial charge in [-0.15, -0.1) is 11.8 Å². The van der Waals surface area contributed by atoms with E-state index in [1.807, 2.05) is 37.3 Å². The van der Waals surface area contributed by atoms with Crippen molar-refractivity contribution in [1.82, 2.24) is 0 Å². The molecular formula is C15H15BrFNS. The number of nitrogens with two attached hydrogens (primary N) is 1.